The molecule has 23 heavy (non-hydrogen) atoms. The SMILES string of the molecule is CC(CC(=O)N1CCCC1CC1CCCCC1)C1CCCNC1. The van der Waals surface area contributed by atoms with Gasteiger partial charge in [0, 0.05) is 19.0 Å². The molecule has 0 bridgehead atoms. The monoisotopic (exact) mass is 320 g/mol. The Morgan fingerprint density at radius 3 is 2.65 bits per heavy atom. The lowest BCUT2D eigenvalue weighted by atomic mass is 9.83. The first-order valence-corrected chi connectivity index (χ1v) is 10.2. The van der Waals surface area contributed by atoms with E-state index in [-0.39, 0.29) is 0 Å². The Bertz CT molecular complexity index is 372. The van der Waals surface area contributed by atoms with Crippen molar-refractivity contribution in [2.75, 3.05) is 19.6 Å². The van der Waals surface area contributed by atoms with Crippen LogP contribution in [-0.4, -0.2) is 36.5 Å². The fraction of sp³-hybridized carbons (Fsp3) is 0.950. The van der Waals surface area contributed by atoms with E-state index in [2.05, 4.69) is 17.1 Å². The van der Waals surface area contributed by atoms with Crippen LogP contribution in [0.1, 0.15) is 77.6 Å². The maximum atomic E-state index is 12.9. The van der Waals surface area contributed by atoms with Crippen molar-refractivity contribution in [2.45, 2.75) is 83.6 Å². The molecule has 3 rings (SSSR count). The highest BCUT2D eigenvalue weighted by Crippen LogP contribution is 2.33. The average molecular weight is 321 g/mol. The molecule has 3 heteroatoms. The van der Waals surface area contributed by atoms with Gasteiger partial charge in [-0.15, -0.1) is 0 Å². The van der Waals surface area contributed by atoms with Crippen molar-refractivity contribution in [3.8, 4) is 0 Å². The molecule has 3 aliphatic rings. The lowest BCUT2D eigenvalue weighted by Crippen LogP contribution is -2.40. The Balaban J connectivity index is 1.48. The summed E-state index contributed by atoms with van der Waals surface area (Å²) in [6, 6.07) is 0.558. The van der Waals surface area contributed by atoms with Gasteiger partial charge in [-0.3, -0.25) is 4.79 Å². The van der Waals surface area contributed by atoms with Crippen LogP contribution in [0.4, 0.5) is 0 Å². The number of piperidine rings is 1. The predicted octanol–water partition coefficient (Wildman–Crippen LogP) is 3.97. The van der Waals surface area contributed by atoms with Crippen LogP contribution in [0.2, 0.25) is 0 Å². The topological polar surface area (TPSA) is 32.3 Å². The summed E-state index contributed by atoms with van der Waals surface area (Å²) < 4.78 is 0. The van der Waals surface area contributed by atoms with E-state index in [1.54, 1.807) is 0 Å². The molecule has 1 amide bonds. The smallest absolute Gasteiger partial charge is 0.223 e. The second-order valence-corrected chi connectivity index (χ2v) is 8.41. The molecule has 1 saturated carbocycles. The van der Waals surface area contributed by atoms with Crippen molar-refractivity contribution in [3.63, 3.8) is 0 Å². The first-order valence-electron chi connectivity index (χ1n) is 10.2. The van der Waals surface area contributed by atoms with Crippen LogP contribution in [0, 0.1) is 17.8 Å². The number of rotatable bonds is 5. The van der Waals surface area contributed by atoms with Crippen molar-refractivity contribution < 1.29 is 4.79 Å². The molecular weight excluding hydrogens is 284 g/mol. The molecule has 3 unspecified atom stereocenters. The predicted molar refractivity (Wildman–Crippen MR) is 95.3 cm³/mol. The quantitative estimate of drug-likeness (QED) is 0.831. The van der Waals surface area contributed by atoms with Crippen molar-refractivity contribution in [1.82, 2.24) is 10.2 Å². The largest absolute Gasteiger partial charge is 0.340 e. The Morgan fingerprint density at radius 1 is 1.09 bits per heavy atom. The molecule has 3 nitrogen and oxygen atoms in total. The van der Waals surface area contributed by atoms with Gasteiger partial charge in [0.15, 0.2) is 0 Å². The molecule has 2 aliphatic heterocycles. The van der Waals surface area contributed by atoms with E-state index in [0.29, 0.717) is 23.8 Å². The molecule has 132 valence electrons. The summed E-state index contributed by atoms with van der Waals surface area (Å²) in [6.45, 7) is 5.58. The minimum atomic E-state index is 0.446. The summed E-state index contributed by atoms with van der Waals surface area (Å²) in [4.78, 5) is 15.1. The van der Waals surface area contributed by atoms with Gasteiger partial charge in [-0.2, -0.15) is 0 Å². The van der Waals surface area contributed by atoms with Crippen molar-refractivity contribution >= 4 is 5.91 Å². The minimum absolute atomic E-state index is 0.446. The van der Waals surface area contributed by atoms with Crippen LogP contribution in [0.5, 0.6) is 0 Å². The molecule has 0 aromatic carbocycles. The number of amides is 1. The molecule has 1 aliphatic carbocycles. The zero-order valence-corrected chi connectivity index (χ0v) is 15.1. The highest BCUT2D eigenvalue weighted by atomic mass is 16.2. The highest BCUT2D eigenvalue weighted by molar-refractivity contribution is 5.77. The highest BCUT2D eigenvalue weighted by Gasteiger charge is 2.32. The zero-order chi connectivity index (χ0) is 16.1. The van der Waals surface area contributed by atoms with Gasteiger partial charge in [0.05, 0.1) is 0 Å². The van der Waals surface area contributed by atoms with Gasteiger partial charge in [0.1, 0.15) is 0 Å². The van der Waals surface area contributed by atoms with E-state index in [4.69, 9.17) is 0 Å². The van der Waals surface area contributed by atoms with Crippen LogP contribution in [-0.2, 0) is 4.79 Å². The molecular formula is C20H36N2O. The number of carbonyl (C=O) groups is 1. The van der Waals surface area contributed by atoms with Gasteiger partial charge < -0.3 is 10.2 Å². The lowest BCUT2D eigenvalue weighted by molar-refractivity contribution is -0.133. The van der Waals surface area contributed by atoms with Gasteiger partial charge in [-0.05, 0) is 62.9 Å². The Labute approximate surface area is 142 Å². The van der Waals surface area contributed by atoms with Crippen molar-refractivity contribution in [3.05, 3.63) is 0 Å². The van der Waals surface area contributed by atoms with E-state index in [9.17, 15) is 4.79 Å². The van der Waals surface area contributed by atoms with E-state index in [0.717, 1.165) is 32.0 Å². The second kappa shape index (κ2) is 8.50. The maximum absolute atomic E-state index is 12.9. The van der Waals surface area contributed by atoms with Gasteiger partial charge in [0.25, 0.3) is 0 Å². The summed E-state index contributed by atoms with van der Waals surface area (Å²) in [6.07, 6.45) is 14.2. The van der Waals surface area contributed by atoms with E-state index < -0.39 is 0 Å². The van der Waals surface area contributed by atoms with Gasteiger partial charge >= 0.3 is 0 Å². The average Bonchev–Trinajstić information content (AvgIpc) is 3.05. The van der Waals surface area contributed by atoms with E-state index in [1.807, 2.05) is 0 Å². The minimum Gasteiger partial charge on any atom is -0.340 e. The Morgan fingerprint density at radius 2 is 1.91 bits per heavy atom. The van der Waals surface area contributed by atoms with Crippen LogP contribution in [0.25, 0.3) is 0 Å². The van der Waals surface area contributed by atoms with E-state index >= 15 is 0 Å². The van der Waals surface area contributed by atoms with Gasteiger partial charge in [-0.25, -0.2) is 0 Å². The van der Waals surface area contributed by atoms with Crippen LogP contribution in [0.3, 0.4) is 0 Å². The molecule has 0 spiro atoms. The fourth-order valence-electron chi connectivity index (χ4n) is 5.14. The summed E-state index contributed by atoms with van der Waals surface area (Å²) in [5.41, 5.74) is 0. The molecule has 1 N–H and O–H groups in total. The Kier molecular flexibility index (Phi) is 6.38. The summed E-state index contributed by atoms with van der Waals surface area (Å²) >= 11 is 0. The second-order valence-electron chi connectivity index (χ2n) is 8.41. The summed E-state index contributed by atoms with van der Waals surface area (Å²) in [5, 5.41) is 3.50. The first kappa shape index (κ1) is 17.3. The molecule has 2 saturated heterocycles. The molecule has 0 radical (unpaired) electrons. The molecule has 3 fully saturated rings. The number of hydrogen-bond donors (Lipinski definition) is 1. The summed E-state index contributed by atoms with van der Waals surface area (Å²) in [5.74, 6) is 2.57. The number of nitrogens with one attached hydrogen (secondary N) is 1. The molecule has 0 aromatic rings. The zero-order valence-electron chi connectivity index (χ0n) is 15.1. The first-order chi connectivity index (χ1) is 11.2. The standard InChI is InChI=1S/C20H36N2O/c1-16(18-9-5-11-21-15-18)13-20(23)22-12-6-10-19(22)14-17-7-3-2-4-8-17/h16-19,21H,2-15H2,1H3. The molecule has 0 aromatic heterocycles. The van der Waals surface area contributed by atoms with E-state index in [1.165, 1.54) is 64.2 Å². The molecule has 3 atom stereocenters. The molecule has 2 heterocycles. The van der Waals surface area contributed by atoms with Crippen LogP contribution in [0.15, 0.2) is 0 Å². The normalized spacial score (nSPS) is 31.3. The van der Waals surface area contributed by atoms with Crippen LogP contribution < -0.4 is 5.32 Å². The van der Waals surface area contributed by atoms with Gasteiger partial charge in [0.2, 0.25) is 5.91 Å². The summed E-state index contributed by atoms with van der Waals surface area (Å²) in [7, 11) is 0. The third-order valence-corrected chi connectivity index (χ3v) is 6.66. The van der Waals surface area contributed by atoms with Crippen LogP contribution >= 0.6 is 0 Å². The number of hydrogen-bond acceptors (Lipinski definition) is 2. The third-order valence-electron chi connectivity index (χ3n) is 6.66. The van der Waals surface area contributed by atoms with Gasteiger partial charge in [-0.1, -0.05) is 39.0 Å². The fourth-order valence-corrected chi connectivity index (χ4v) is 5.14. The number of nitrogens with zero attached hydrogens (tertiary/aromatic N) is 1. The van der Waals surface area contributed by atoms with Crippen molar-refractivity contribution in [2.24, 2.45) is 17.8 Å². The van der Waals surface area contributed by atoms with Crippen molar-refractivity contribution in [1.29, 1.82) is 0 Å². The number of likely N-dealkylation sites (tertiary alicyclic amines) is 1. The maximum Gasteiger partial charge on any atom is 0.223 e. The lowest BCUT2D eigenvalue weighted by Gasteiger charge is -2.33. The Hall–Kier alpha value is -0.570. The third kappa shape index (κ3) is 4.71. The number of carbonyl (C=O) groups excluding carboxylic acids is 1.